The lowest BCUT2D eigenvalue weighted by Gasteiger charge is -2.20. The van der Waals surface area contributed by atoms with Crippen molar-refractivity contribution in [2.75, 3.05) is 13.1 Å². The lowest BCUT2D eigenvalue weighted by atomic mass is 10.1. The average molecular weight is 427 g/mol. The minimum Gasteiger partial charge on any atom is -0.435 e. The minimum absolute atomic E-state index is 0.0790. The number of oxazole rings is 1. The lowest BCUT2D eigenvalue weighted by molar-refractivity contribution is 0.0750. The molecule has 4 nitrogen and oxygen atoms in total. The van der Waals surface area contributed by atoms with Crippen LogP contribution in [0, 0.1) is 0 Å². The summed E-state index contributed by atoms with van der Waals surface area (Å²) in [6, 6.07) is 17.4. The number of amides is 1. The van der Waals surface area contributed by atoms with E-state index in [0.29, 0.717) is 30.4 Å². The van der Waals surface area contributed by atoms with Crippen LogP contribution in [-0.4, -0.2) is 28.9 Å². The first-order valence-electron chi connectivity index (χ1n) is 9.25. The van der Waals surface area contributed by atoms with Gasteiger partial charge in [-0.25, -0.2) is 4.98 Å². The molecule has 27 heavy (non-hydrogen) atoms. The fourth-order valence-electron chi connectivity index (χ4n) is 2.97. The highest BCUT2D eigenvalue weighted by Gasteiger charge is 2.25. The molecule has 0 saturated carbocycles. The van der Waals surface area contributed by atoms with E-state index < -0.39 is 0 Å². The molecule has 0 aliphatic carbocycles. The second-order valence-corrected chi connectivity index (χ2v) is 7.28. The summed E-state index contributed by atoms with van der Waals surface area (Å²) < 4.78 is 7.06. The van der Waals surface area contributed by atoms with Crippen LogP contribution in [0.5, 0.6) is 0 Å². The number of carbonyl (C=O) groups is 1. The normalized spacial score (nSPS) is 10.8. The predicted octanol–water partition coefficient (Wildman–Crippen LogP) is 6.03. The molecule has 1 heterocycles. The quantitative estimate of drug-likeness (QED) is 0.462. The molecule has 2 aromatic carbocycles. The van der Waals surface area contributed by atoms with Crippen molar-refractivity contribution < 1.29 is 9.21 Å². The number of hydrogen-bond donors (Lipinski definition) is 0. The van der Waals surface area contributed by atoms with E-state index in [9.17, 15) is 4.79 Å². The second-order valence-electron chi connectivity index (χ2n) is 6.36. The van der Waals surface area contributed by atoms with Crippen molar-refractivity contribution in [2.45, 2.75) is 26.7 Å². The molecule has 0 bridgehead atoms. The molecule has 3 rings (SSSR count). The molecule has 0 radical (unpaired) electrons. The van der Waals surface area contributed by atoms with Crippen molar-refractivity contribution >= 4 is 21.8 Å². The fraction of sp³-hybridized carbons (Fsp3) is 0.273. The zero-order chi connectivity index (χ0) is 19.2. The molecule has 140 valence electrons. The average Bonchev–Trinajstić information content (AvgIpc) is 3.14. The molecule has 0 saturated heterocycles. The van der Waals surface area contributed by atoms with Crippen LogP contribution in [0.1, 0.15) is 37.2 Å². The first-order chi connectivity index (χ1) is 13.1. The third-order valence-electron chi connectivity index (χ3n) is 4.23. The summed E-state index contributed by atoms with van der Waals surface area (Å²) >= 11 is 3.44. The molecule has 0 aliphatic rings. The zero-order valence-corrected chi connectivity index (χ0v) is 17.2. The van der Waals surface area contributed by atoms with Gasteiger partial charge >= 0.3 is 0 Å². The van der Waals surface area contributed by atoms with Crippen LogP contribution in [-0.2, 0) is 0 Å². The van der Waals surface area contributed by atoms with Gasteiger partial charge in [0.2, 0.25) is 5.89 Å². The molecule has 0 atom stereocenters. The maximum atomic E-state index is 13.2. The summed E-state index contributed by atoms with van der Waals surface area (Å²) in [5.41, 5.74) is 2.07. The SMILES string of the molecule is CCCN(CCC)C(=O)c1nc(-c2ccc(Br)cc2)oc1-c1ccccc1. The summed E-state index contributed by atoms with van der Waals surface area (Å²) in [6.07, 6.45) is 1.81. The van der Waals surface area contributed by atoms with Crippen LogP contribution in [0.25, 0.3) is 22.8 Å². The van der Waals surface area contributed by atoms with E-state index in [4.69, 9.17) is 4.42 Å². The van der Waals surface area contributed by atoms with E-state index in [0.717, 1.165) is 28.4 Å². The van der Waals surface area contributed by atoms with Gasteiger partial charge in [0.05, 0.1) is 0 Å². The van der Waals surface area contributed by atoms with Crippen molar-refractivity contribution in [3.63, 3.8) is 0 Å². The van der Waals surface area contributed by atoms with Gasteiger partial charge in [-0.1, -0.05) is 60.1 Å². The van der Waals surface area contributed by atoms with Gasteiger partial charge in [-0.3, -0.25) is 4.79 Å². The van der Waals surface area contributed by atoms with E-state index in [1.165, 1.54) is 0 Å². The van der Waals surface area contributed by atoms with Crippen LogP contribution >= 0.6 is 15.9 Å². The lowest BCUT2D eigenvalue weighted by Crippen LogP contribution is -2.33. The molecule has 3 aromatic rings. The van der Waals surface area contributed by atoms with E-state index >= 15 is 0 Å². The van der Waals surface area contributed by atoms with Crippen molar-refractivity contribution in [2.24, 2.45) is 0 Å². The van der Waals surface area contributed by atoms with Crippen molar-refractivity contribution in [1.29, 1.82) is 0 Å². The molecule has 1 amide bonds. The number of nitrogens with zero attached hydrogens (tertiary/aromatic N) is 2. The summed E-state index contributed by atoms with van der Waals surface area (Å²) in [5, 5.41) is 0. The largest absolute Gasteiger partial charge is 0.435 e. The molecule has 1 aromatic heterocycles. The smallest absolute Gasteiger partial charge is 0.276 e. The Kier molecular flexibility index (Phi) is 6.45. The van der Waals surface area contributed by atoms with Crippen LogP contribution < -0.4 is 0 Å². The van der Waals surface area contributed by atoms with Gasteiger partial charge < -0.3 is 9.32 Å². The first-order valence-corrected chi connectivity index (χ1v) is 10.0. The number of hydrogen-bond acceptors (Lipinski definition) is 3. The van der Waals surface area contributed by atoms with Crippen molar-refractivity contribution in [3.8, 4) is 22.8 Å². The van der Waals surface area contributed by atoms with Crippen LogP contribution in [0.4, 0.5) is 0 Å². The Morgan fingerprint density at radius 3 is 2.19 bits per heavy atom. The number of rotatable bonds is 7. The van der Waals surface area contributed by atoms with Gasteiger partial charge in [-0.05, 0) is 37.1 Å². The standard InChI is InChI=1S/C22H23BrN2O2/c1-3-14-25(15-4-2)22(26)19-20(16-8-6-5-7-9-16)27-21(24-19)17-10-12-18(23)13-11-17/h5-13H,3-4,14-15H2,1-2H3. The van der Waals surface area contributed by atoms with Gasteiger partial charge in [0.25, 0.3) is 5.91 Å². The van der Waals surface area contributed by atoms with Gasteiger partial charge in [-0.2, -0.15) is 0 Å². The van der Waals surface area contributed by atoms with Crippen LogP contribution in [0.15, 0.2) is 63.5 Å². The predicted molar refractivity (Wildman–Crippen MR) is 112 cm³/mol. The van der Waals surface area contributed by atoms with Gasteiger partial charge in [-0.15, -0.1) is 0 Å². The second kappa shape index (κ2) is 9.00. The highest BCUT2D eigenvalue weighted by Crippen LogP contribution is 2.31. The molecular weight excluding hydrogens is 404 g/mol. The van der Waals surface area contributed by atoms with Gasteiger partial charge in [0.15, 0.2) is 11.5 Å². The van der Waals surface area contributed by atoms with E-state index in [1.54, 1.807) is 0 Å². The van der Waals surface area contributed by atoms with Crippen LogP contribution in [0.2, 0.25) is 0 Å². The number of carbonyl (C=O) groups excluding carboxylic acids is 1. The Morgan fingerprint density at radius 2 is 1.59 bits per heavy atom. The molecule has 0 spiro atoms. The fourth-order valence-corrected chi connectivity index (χ4v) is 3.24. The van der Waals surface area contributed by atoms with Gasteiger partial charge in [0.1, 0.15) is 0 Å². The maximum Gasteiger partial charge on any atom is 0.276 e. The third kappa shape index (κ3) is 4.48. The first kappa shape index (κ1) is 19.4. The monoisotopic (exact) mass is 426 g/mol. The molecule has 0 unspecified atom stereocenters. The summed E-state index contributed by atoms with van der Waals surface area (Å²) in [5.74, 6) is 0.901. The Hall–Kier alpha value is -2.40. The highest BCUT2D eigenvalue weighted by atomic mass is 79.9. The van der Waals surface area contributed by atoms with E-state index in [1.807, 2.05) is 59.5 Å². The number of aromatic nitrogens is 1. The number of benzene rings is 2. The van der Waals surface area contributed by atoms with E-state index in [-0.39, 0.29) is 5.91 Å². The summed E-state index contributed by atoms with van der Waals surface area (Å²) in [4.78, 5) is 19.7. The van der Waals surface area contributed by atoms with Crippen molar-refractivity contribution in [1.82, 2.24) is 9.88 Å². The highest BCUT2D eigenvalue weighted by molar-refractivity contribution is 9.10. The van der Waals surface area contributed by atoms with Crippen molar-refractivity contribution in [3.05, 3.63) is 64.8 Å². The van der Waals surface area contributed by atoms with Crippen LogP contribution in [0.3, 0.4) is 0 Å². The Balaban J connectivity index is 2.07. The molecule has 0 N–H and O–H groups in total. The third-order valence-corrected chi connectivity index (χ3v) is 4.76. The Morgan fingerprint density at radius 1 is 0.963 bits per heavy atom. The number of halogens is 1. The molecule has 5 heteroatoms. The Labute approximate surface area is 168 Å². The maximum absolute atomic E-state index is 13.2. The summed E-state index contributed by atoms with van der Waals surface area (Å²) in [7, 11) is 0. The molecular formula is C22H23BrN2O2. The zero-order valence-electron chi connectivity index (χ0n) is 15.6. The molecule has 0 fully saturated rings. The van der Waals surface area contributed by atoms with Gasteiger partial charge in [0, 0.05) is 28.7 Å². The minimum atomic E-state index is -0.0790. The summed E-state index contributed by atoms with van der Waals surface area (Å²) in [6.45, 7) is 5.57. The van der Waals surface area contributed by atoms with E-state index in [2.05, 4.69) is 34.8 Å². The molecule has 0 aliphatic heterocycles. The Bertz CT molecular complexity index is 882. The topological polar surface area (TPSA) is 46.3 Å².